The zero-order valence-electron chi connectivity index (χ0n) is 16.3. The third-order valence-corrected chi connectivity index (χ3v) is 5.13. The van der Waals surface area contributed by atoms with Crippen molar-refractivity contribution < 1.29 is 4.52 Å². The molecule has 0 spiro atoms. The van der Waals surface area contributed by atoms with Crippen molar-refractivity contribution in [3.8, 4) is 0 Å². The molecule has 0 amide bonds. The molecule has 1 aromatic heterocycles. The molecule has 7 nitrogen and oxygen atoms in total. The van der Waals surface area contributed by atoms with E-state index in [9.17, 15) is 0 Å². The summed E-state index contributed by atoms with van der Waals surface area (Å²) in [7, 11) is 1.86. The number of nitrogens with zero attached hydrogens (tertiary/aromatic N) is 5. The molecular weight excluding hydrogens is 443 g/mol. The summed E-state index contributed by atoms with van der Waals surface area (Å²) in [5.41, 5.74) is 0. The fourth-order valence-electron chi connectivity index (χ4n) is 3.72. The van der Waals surface area contributed by atoms with Gasteiger partial charge in [-0.2, -0.15) is 4.98 Å². The van der Waals surface area contributed by atoms with Crippen LogP contribution < -0.4 is 5.32 Å². The van der Waals surface area contributed by atoms with Gasteiger partial charge in [-0.25, -0.2) is 0 Å². The minimum Gasteiger partial charge on any atom is -0.356 e. The van der Waals surface area contributed by atoms with E-state index in [-0.39, 0.29) is 24.0 Å². The highest BCUT2D eigenvalue weighted by atomic mass is 127. The van der Waals surface area contributed by atoms with Crippen molar-refractivity contribution >= 4 is 29.9 Å². The first-order valence-corrected chi connectivity index (χ1v) is 9.66. The Morgan fingerprint density at radius 3 is 2.73 bits per heavy atom. The Bertz CT molecular complexity index is 570. The fraction of sp³-hybridized carbons (Fsp3) is 0.833. The number of nitrogens with one attached hydrogen (secondary N) is 1. The van der Waals surface area contributed by atoms with Crippen LogP contribution >= 0.6 is 24.0 Å². The van der Waals surface area contributed by atoms with Gasteiger partial charge in [0.1, 0.15) is 0 Å². The third kappa shape index (κ3) is 5.80. The van der Waals surface area contributed by atoms with Gasteiger partial charge in [-0.15, -0.1) is 24.0 Å². The average Bonchev–Trinajstić information content (AvgIpc) is 3.34. The Kier molecular flexibility index (Phi) is 8.59. The normalized spacial score (nSPS) is 21.5. The van der Waals surface area contributed by atoms with Crippen LogP contribution in [0.2, 0.25) is 0 Å². The second-order valence-corrected chi connectivity index (χ2v) is 7.53. The summed E-state index contributed by atoms with van der Waals surface area (Å²) in [6.45, 7) is 10.9. The van der Waals surface area contributed by atoms with Crippen LogP contribution in [0.15, 0.2) is 9.52 Å². The van der Waals surface area contributed by atoms with Crippen LogP contribution in [0.1, 0.15) is 50.7 Å². The van der Waals surface area contributed by atoms with E-state index in [1.165, 1.54) is 38.9 Å². The largest absolute Gasteiger partial charge is 0.356 e. The Balaban J connectivity index is 0.00000243. The van der Waals surface area contributed by atoms with E-state index >= 15 is 0 Å². The van der Waals surface area contributed by atoms with E-state index in [0.29, 0.717) is 11.8 Å². The summed E-state index contributed by atoms with van der Waals surface area (Å²) in [5.74, 6) is 3.53. The molecule has 1 aromatic rings. The SMILES string of the molecule is CN=C(NCCc1nc(C(C)C)no1)N1CCC(CN2CCCC2)C1.I. The highest BCUT2D eigenvalue weighted by Crippen LogP contribution is 2.20. The van der Waals surface area contributed by atoms with Crippen LogP contribution in [0, 0.1) is 5.92 Å². The second kappa shape index (κ2) is 10.4. The van der Waals surface area contributed by atoms with Crippen LogP contribution in [0.4, 0.5) is 0 Å². The Labute approximate surface area is 174 Å². The molecule has 1 N–H and O–H groups in total. The highest BCUT2D eigenvalue weighted by Gasteiger charge is 2.27. The molecule has 3 heterocycles. The summed E-state index contributed by atoms with van der Waals surface area (Å²) < 4.78 is 5.30. The summed E-state index contributed by atoms with van der Waals surface area (Å²) >= 11 is 0. The Hall–Kier alpha value is -0.900. The molecule has 0 aromatic carbocycles. The predicted octanol–water partition coefficient (Wildman–Crippen LogP) is 2.35. The molecule has 2 fully saturated rings. The summed E-state index contributed by atoms with van der Waals surface area (Å²) in [6.07, 6.45) is 4.73. The van der Waals surface area contributed by atoms with Gasteiger partial charge in [-0.1, -0.05) is 19.0 Å². The zero-order valence-corrected chi connectivity index (χ0v) is 18.6. The van der Waals surface area contributed by atoms with Crippen molar-refractivity contribution in [2.24, 2.45) is 10.9 Å². The van der Waals surface area contributed by atoms with Crippen molar-refractivity contribution in [3.63, 3.8) is 0 Å². The third-order valence-electron chi connectivity index (χ3n) is 5.13. The molecule has 2 aliphatic heterocycles. The lowest BCUT2D eigenvalue weighted by atomic mass is 10.1. The van der Waals surface area contributed by atoms with Crippen LogP contribution in [-0.2, 0) is 6.42 Å². The van der Waals surface area contributed by atoms with Gasteiger partial charge in [0.05, 0.1) is 0 Å². The molecule has 0 bridgehead atoms. The van der Waals surface area contributed by atoms with Gasteiger partial charge in [-0.3, -0.25) is 4.99 Å². The first kappa shape index (κ1) is 21.4. The van der Waals surface area contributed by atoms with Crippen molar-refractivity contribution in [3.05, 3.63) is 11.7 Å². The number of halogens is 1. The van der Waals surface area contributed by atoms with Crippen LogP contribution in [-0.4, -0.2) is 72.2 Å². The highest BCUT2D eigenvalue weighted by molar-refractivity contribution is 14.0. The molecule has 0 aliphatic carbocycles. The second-order valence-electron chi connectivity index (χ2n) is 7.53. The number of guanidine groups is 1. The summed E-state index contributed by atoms with van der Waals surface area (Å²) in [4.78, 5) is 13.9. The lowest BCUT2D eigenvalue weighted by Gasteiger charge is -2.23. The van der Waals surface area contributed by atoms with E-state index in [4.69, 9.17) is 4.52 Å². The van der Waals surface area contributed by atoms with Gasteiger partial charge in [0.15, 0.2) is 11.8 Å². The zero-order chi connectivity index (χ0) is 17.6. The topological polar surface area (TPSA) is 69.8 Å². The molecule has 8 heteroatoms. The number of hydrogen-bond donors (Lipinski definition) is 1. The molecule has 2 saturated heterocycles. The molecule has 3 rings (SSSR count). The van der Waals surface area contributed by atoms with Crippen LogP contribution in [0.5, 0.6) is 0 Å². The molecule has 0 saturated carbocycles. The van der Waals surface area contributed by atoms with Crippen molar-refractivity contribution in [2.75, 3.05) is 46.3 Å². The molecule has 2 aliphatic rings. The maximum Gasteiger partial charge on any atom is 0.228 e. The van der Waals surface area contributed by atoms with Gasteiger partial charge in [0, 0.05) is 45.6 Å². The Morgan fingerprint density at radius 1 is 1.31 bits per heavy atom. The first-order valence-electron chi connectivity index (χ1n) is 9.66. The van der Waals surface area contributed by atoms with Gasteiger partial charge in [0.25, 0.3) is 0 Å². The standard InChI is InChI=1S/C18H32N6O.HI/c1-14(2)17-21-16(25-22-17)6-8-20-18(19-3)24-11-7-15(13-24)12-23-9-4-5-10-23;/h14-15H,4-13H2,1-3H3,(H,19,20);1H. The minimum absolute atomic E-state index is 0. The molecule has 0 radical (unpaired) electrons. The van der Waals surface area contributed by atoms with E-state index in [2.05, 4.69) is 44.1 Å². The summed E-state index contributed by atoms with van der Waals surface area (Å²) in [6, 6.07) is 0. The molecular formula is C18H33IN6O. The molecule has 26 heavy (non-hydrogen) atoms. The minimum atomic E-state index is 0. The number of aliphatic imine (C=N–C) groups is 1. The van der Waals surface area contributed by atoms with E-state index in [1.807, 2.05) is 7.05 Å². The van der Waals surface area contributed by atoms with Gasteiger partial charge >= 0.3 is 0 Å². The van der Waals surface area contributed by atoms with Crippen molar-refractivity contribution in [2.45, 2.75) is 45.4 Å². The number of hydrogen-bond acceptors (Lipinski definition) is 5. The molecule has 1 unspecified atom stereocenters. The van der Waals surface area contributed by atoms with Crippen LogP contribution in [0.3, 0.4) is 0 Å². The number of likely N-dealkylation sites (tertiary alicyclic amines) is 2. The van der Waals surface area contributed by atoms with E-state index in [0.717, 1.165) is 43.8 Å². The lowest BCUT2D eigenvalue weighted by molar-refractivity contribution is 0.281. The van der Waals surface area contributed by atoms with E-state index in [1.54, 1.807) is 0 Å². The maximum absolute atomic E-state index is 5.30. The molecule has 1 atom stereocenters. The monoisotopic (exact) mass is 476 g/mol. The summed E-state index contributed by atoms with van der Waals surface area (Å²) in [5, 5.41) is 7.46. The average molecular weight is 476 g/mol. The fourth-order valence-corrected chi connectivity index (χ4v) is 3.72. The Morgan fingerprint density at radius 2 is 2.08 bits per heavy atom. The van der Waals surface area contributed by atoms with Crippen LogP contribution in [0.25, 0.3) is 0 Å². The smallest absolute Gasteiger partial charge is 0.228 e. The van der Waals surface area contributed by atoms with E-state index < -0.39 is 0 Å². The van der Waals surface area contributed by atoms with Crippen molar-refractivity contribution in [1.29, 1.82) is 0 Å². The quantitative estimate of drug-likeness (QED) is 0.386. The predicted molar refractivity (Wildman–Crippen MR) is 114 cm³/mol. The van der Waals surface area contributed by atoms with Gasteiger partial charge in [0.2, 0.25) is 5.89 Å². The first-order chi connectivity index (χ1) is 12.2. The van der Waals surface area contributed by atoms with Gasteiger partial charge < -0.3 is 19.6 Å². The number of rotatable bonds is 6. The van der Waals surface area contributed by atoms with Gasteiger partial charge in [-0.05, 0) is 38.3 Å². The maximum atomic E-state index is 5.30. The van der Waals surface area contributed by atoms with Crippen molar-refractivity contribution in [1.82, 2.24) is 25.3 Å². The lowest BCUT2D eigenvalue weighted by Crippen LogP contribution is -2.41. The molecule has 148 valence electrons. The number of aromatic nitrogens is 2.